The SMILES string of the molecule is CCCCCCCCCc1cnc(-c2ccc(C(OC(c3ccc(-c4cnc(CCCCCCCCC)cn4)cc3)C3CCC(CC)CC3)C3CCC(CC)CC3)cc2)cn1. The summed E-state index contributed by atoms with van der Waals surface area (Å²) < 4.78 is 7.65. The molecule has 6 rings (SSSR count). The van der Waals surface area contributed by atoms with E-state index in [-0.39, 0.29) is 12.2 Å². The van der Waals surface area contributed by atoms with E-state index in [1.165, 1.54) is 165 Å². The number of aromatic nitrogens is 4. The van der Waals surface area contributed by atoms with Gasteiger partial charge >= 0.3 is 0 Å². The van der Waals surface area contributed by atoms with Gasteiger partial charge in [0.15, 0.2) is 0 Å². The third kappa shape index (κ3) is 14.8. The molecular formula is C56H82N4O. The minimum atomic E-state index is 0.0608. The maximum absolute atomic E-state index is 7.65. The van der Waals surface area contributed by atoms with E-state index >= 15 is 0 Å². The lowest BCUT2D eigenvalue weighted by molar-refractivity contribution is -0.0905. The molecule has 5 nitrogen and oxygen atoms in total. The number of ether oxygens (including phenoxy) is 1. The predicted molar refractivity (Wildman–Crippen MR) is 256 cm³/mol. The van der Waals surface area contributed by atoms with E-state index in [9.17, 15) is 0 Å². The molecule has 2 aliphatic rings. The van der Waals surface area contributed by atoms with Crippen LogP contribution in [0.3, 0.4) is 0 Å². The number of hydrogen-bond donors (Lipinski definition) is 0. The van der Waals surface area contributed by atoms with Crippen LogP contribution < -0.4 is 0 Å². The van der Waals surface area contributed by atoms with Crippen molar-refractivity contribution in [3.8, 4) is 22.5 Å². The van der Waals surface area contributed by atoms with Crippen molar-refractivity contribution in [1.82, 2.24) is 19.9 Å². The number of hydrogen-bond acceptors (Lipinski definition) is 5. The normalized spacial score (nSPS) is 20.4. The molecule has 2 aromatic heterocycles. The highest BCUT2D eigenvalue weighted by atomic mass is 16.5. The van der Waals surface area contributed by atoms with E-state index in [4.69, 9.17) is 24.7 Å². The minimum Gasteiger partial charge on any atom is -0.365 e. The van der Waals surface area contributed by atoms with Crippen molar-refractivity contribution in [2.24, 2.45) is 23.7 Å². The molecule has 2 aromatic carbocycles. The van der Waals surface area contributed by atoms with Crippen LogP contribution >= 0.6 is 0 Å². The van der Waals surface area contributed by atoms with Gasteiger partial charge in [0.2, 0.25) is 0 Å². The van der Waals surface area contributed by atoms with Crippen LogP contribution in [0.2, 0.25) is 0 Å². The Balaban J connectivity index is 1.15. The summed E-state index contributed by atoms with van der Waals surface area (Å²) in [5, 5.41) is 0. The lowest BCUT2D eigenvalue weighted by atomic mass is 9.75. The number of rotatable bonds is 26. The lowest BCUT2D eigenvalue weighted by Crippen LogP contribution is -2.28. The van der Waals surface area contributed by atoms with Crippen LogP contribution in [0.1, 0.15) is 217 Å². The summed E-state index contributed by atoms with van der Waals surface area (Å²) in [5.41, 5.74) is 9.00. The topological polar surface area (TPSA) is 60.8 Å². The van der Waals surface area contributed by atoms with Crippen LogP contribution in [0.5, 0.6) is 0 Å². The number of nitrogens with zero attached hydrogens (tertiary/aromatic N) is 4. The number of unbranched alkanes of at least 4 members (excludes halogenated alkanes) is 12. The molecule has 0 saturated heterocycles. The van der Waals surface area contributed by atoms with Gasteiger partial charge in [-0.25, -0.2) is 0 Å². The molecule has 5 heteroatoms. The third-order valence-electron chi connectivity index (χ3n) is 14.6. The minimum absolute atomic E-state index is 0.0608. The van der Waals surface area contributed by atoms with Crippen LogP contribution in [0.15, 0.2) is 73.3 Å². The van der Waals surface area contributed by atoms with Crippen molar-refractivity contribution < 1.29 is 4.74 Å². The fourth-order valence-electron chi connectivity index (χ4n) is 10.4. The van der Waals surface area contributed by atoms with E-state index in [1.807, 2.05) is 24.8 Å². The maximum atomic E-state index is 7.65. The molecule has 2 fully saturated rings. The first-order valence-corrected chi connectivity index (χ1v) is 25.6. The van der Waals surface area contributed by atoms with E-state index in [0.29, 0.717) is 11.8 Å². The standard InChI is InChI=1S/C56H82N4O/c1-5-9-11-13-15-17-19-21-51-39-59-53(41-57-51)45-31-35-49(36-32-45)55(47-27-23-43(7-3)24-28-47)61-56(48-29-25-44(8-4)26-30-48)50-37-33-46(34-38-50)54-42-58-52(40-60-54)22-20-18-16-14-12-10-6-2/h31-44,47-48,55-56H,5-30H2,1-4H3. The monoisotopic (exact) mass is 827 g/mol. The van der Waals surface area contributed by atoms with E-state index < -0.39 is 0 Å². The lowest BCUT2D eigenvalue weighted by Gasteiger charge is -2.40. The molecule has 0 aliphatic heterocycles. The molecule has 2 unspecified atom stereocenters. The number of aryl methyl sites for hydroxylation is 2. The van der Waals surface area contributed by atoms with Gasteiger partial charge in [-0.05, 0) is 86.2 Å². The third-order valence-corrected chi connectivity index (χ3v) is 14.6. The zero-order chi connectivity index (χ0) is 42.5. The van der Waals surface area contributed by atoms with Gasteiger partial charge in [-0.2, -0.15) is 0 Å². The zero-order valence-electron chi connectivity index (χ0n) is 39.0. The van der Waals surface area contributed by atoms with E-state index in [0.717, 1.165) is 58.6 Å². The Hall–Kier alpha value is -3.44. The van der Waals surface area contributed by atoms with Crippen LogP contribution in [0.4, 0.5) is 0 Å². The quantitative estimate of drug-likeness (QED) is 0.0590. The van der Waals surface area contributed by atoms with Gasteiger partial charge in [0, 0.05) is 23.5 Å². The largest absolute Gasteiger partial charge is 0.365 e. The Bertz CT molecular complexity index is 1610. The molecule has 0 radical (unpaired) electrons. The van der Waals surface area contributed by atoms with Crippen molar-refractivity contribution in [3.05, 3.63) is 95.8 Å². The van der Waals surface area contributed by atoms with Gasteiger partial charge in [-0.1, -0.05) is 192 Å². The van der Waals surface area contributed by atoms with Crippen molar-refractivity contribution in [3.63, 3.8) is 0 Å². The summed E-state index contributed by atoms with van der Waals surface area (Å²) in [6.07, 6.45) is 41.3. The van der Waals surface area contributed by atoms with Gasteiger partial charge in [0.1, 0.15) is 0 Å². The second-order valence-electron chi connectivity index (χ2n) is 19.1. The second kappa shape index (κ2) is 26.2. The summed E-state index contributed by atoms with van der Waals surface area (Å²) in [6.45, 7) is 9.30. The van der Waals surface area contributed by atoms with Gasteiger partial charge in [0.05, 0.1) is 47.4 Å². The first-order chi connectivity index (χ1) is 30.1. The van der Waals surface area contributed by atoms with Crippen molar-refractivity contribution in [2.45, 2.75) is 207 Å². The summed E-state index contributed by atoms with van der Waals surface area (Å²) in [4.78, 5) is 19.5. The van der Waals surface area contributed by atoms with Crippen molar-refractivity contribution in [2.75, 3.05) is 0 Å². The van der Waals surface area contributed by atoms with Crippen LogP contribution in [-0.2, 0) is 17.6 Å². The van der Waals surface area contributed by atoms with Crippen molar-refractivity contribution in [1.29, 1.82) is 0 Å². The predicted octanol–water partition coefficient (Wildman–Crippen LogP) is 16.4. The first kappa shape index (κ1) is 47.0. The fraction of sp³-hybridized carbons (Fsp3) is 0.643. The Morgan fingerprint density at radius 3 is 1.11 bits per heavy atom. The highest BCUT2D eigenvalue weighted by molar-refractivity contribution is 5.59. The van der Waals surface area contributed by atoms with Crippen LogP contribution in [0, 0.1) is 23.7 Å². The summed E-state index contributed by atoms with van der Waals surface area (Å²) in [5.74, 6) is 2.72. The van der Waals surface area contributed by atoms with Crippen LogP contribution in [0.25, 0.3) is 22.5 Å². The average Bonchev–Trinajstić information content (AvgIpc) is 3.32. The average molecular weight is 827 g/mol. The Morgan fingerprint density at radius 1 is 0.426 bits per heavy atom. The van der Waals surface area contributed by atoms with E-state index in [2.05, 4.69) is 76.2 Å². The Kier molecular flexibility index (Phi) is 20.2. The molecule has 332 valence electrons. The summed E-state index contributed by atoms with van der Waals surface area (Å²) in [6, 6.07) is 18.4. The molecule has 2 atom stereocenters. The second-order valence-corrected chi connectivity index (χ2v) is 19.1. The van der Waals surface area contributed by atoms with Gasteiger partial charge < -0.3 is 4.74 Å². The van der Waals surface area contributed by atoms with Crippen molar-refractivity contribution >= 4 is 0 Å². The Morgan fingerprint density at radius 2 is 0.787 bits per heavy atom. The zero-order valence-corrected chi connectivity index (χ0v) is 39.0. The van der Waals surface area contributed by atoms with Gasteiger partial charge in [-0.3, -0.25) is 19.9 Å². The smallest absolute Gasteiger partial charge is 0.0885 e. The highest BCUT2D eigenvalue weighted by Gasteiger charge is 2.35. The summed E-state index contributed by atoms with van der Waals surface area (Å²) in [7, 11) is 0. The Labute approximate surface area is 372 Å². The molecule has 61 heavy (non-hydrogen) atoms. The molecule has 0 bridgehead atoms. The van der Waals surface area contributed by atoms with Gasteiger partial charge in [0.25, 0.3) is 0 Å². The molecule has 0 N–H and O–H groups in total. The van der Waals surface area contributed by atoms with E-state index in [1.54, 1.807) is 0 Å². The highest BCUT2D eigenvalue weighted by Crippen LogP contribution is 2.47. The molecular weight excluding hydrogens is 745 g/mol. The fourth-order valence-corrected chi connectivity index (χ4v) is 10.4. The molecule has 4 aromatic rings. The maximum Gasteiger partial charge on any atom is 0.0885 e. The first-order valence-electron chi connectivity index (χ1n) is 25.6. The molecule has 2 saturated carbocycles. The van der Waals surface area contributed by atoms with Crippen LogP contribution in [-0.4, -0.2) is 19.9 Å². The molecule has 0 amide bonds. The molecule has 0 spiro atoms. The molecule has 2 heterocycles. The summed E-state index contributed by atoms with van der Waals surface area (Å²) >= 11 is 0. The molecule has 2 aliphatic carbocycles. The number of benzene rings is 2. The van der Waals surface area contributed by atoms with Gasteiger partial charge in [-0.15, -0.1) is 0 Å².